The highest BCUT2D eigenvalue weighted by molar-refractivity contribution is 5.92. The lowest BCUT2D eigenvalue weighted by Gasteiger charge is -2.12. The third-order valence-corrected chi connectivity index (χ3v) is 3.00. The van der Waals surface area contributed by atoms with E-state index in [1.165, 1.54) is 19.3 Å². The Kier molecular flexibility index (Phi) is 4.01. The fourth-order valence-electron chi connectivity index (χ4n) is 2.01. The van der Waals surface area contributed by atoms with Crippen molar-refractivity contribution in [2.24, 2.45) is 0 Å². The molecule has 108 valence electrons. The Morgan fingerprint density at radius 2 is 2.15 bits per heavy atom. The Balaban J connectivity index is 2.46. The van der Waals surface area contributed by atoms with Crippen LogP contribution in [0.2, 0.25) is 0 Å². The summed E-state index contributed by atoms with van der Waals surface area (Å²) in [5, 5.41) is 0. The number of carbonyl (C=O) groups excluding carboxylic acids is 1. The molecule has 1 heterocycles. The molecule has 3 nitrogen and oxygen atoms in total. The zero-order valence-corrected chi connectivity index (χ0v) is 10.8. The van der Waals surface area contributed by atoms with Crippen LogP contribution in [0.4, 0.5) is 13.2 Å². The lowest BCUT2D eigenvalue weighted by molar-refractivity contribution is -0.138. The molecule has 0 atom stereocenters. The summed E-state index contributed by atoms with van der Waals surface area (Å²) in [4.78, 5) is 11.3. The van der Waals surface area contributed by atoms with E-state index in [2.05, 4.69) is 4.74 Å². The molecule has 0 saturated heterocycles. The minimum atomic E-state index is -4.42. The molecule has 0 fully saturated rings. The standard InChI is InChI=1S/C14H13F3O3/c1-19-13(18)7-9-3-2-6-20-12-8-10(14(15,16)17)4-5-11(9)12/h4-5,7-8H,2-3,6H2,1H3. The average molecular weight is 286 g/mol. The van der Waals surface area contributed by atoms with E-state index in [0.29, 0.717) is 30.6 Å². The van der Waals surface area contributed by atoms with Crippen molar-refractivity contribution in [2.45, 2.75) is 19.0 Å². The molecule has 0 saturated carbocycles. The summed E-state index contributed by atoms with van der Waals surface area (Å²) in [5.74, 6) is -0.389. The molecule has 1 aromatic rings. The van der Waals surface area contributed by atoms with Crippen molar-refractivity contribution in [3.8, 4) is 5.75 Å². The molecule has 0 aromatic heterocycles. The van der Waals surface area contributed by atoms with Crippen LogP contribution in [0.3, 0.4) is 0 Å². The summed E-state index contributed by atoms with van der Waals surface area (Å²) < 4.78 is 47.9. The highest BCUT2D eigenvalue weighted by Gasteiger charge is 2.31. The van der Waals surface area contributed by atoms with Crippen molar-refractivity contribution in [3.05, 3.63) is 35.4 Å². The number of halogens is 3. The van der Waals surface area contributed by atoms with Crippen LogP contribution in [0, 0.1) is 0 Å². The van der Waals surface area contributed by atoms with Crippen molar-refractivity contribution in [1.82, 2.24) is 0 Å². The zero-order valence-electron chi connectivity index (χ0n) is 10.8. The molecule has 0 radical (unpaired) electrons. The van der Waals surface area contributed by atoms with E-state index in [-0.39, 0.29) is 5.75 Å². The summed E-state index contributed by atoms with van der Waals surface area (Å²) in [6.45, 7) is 0.312. The number of hydrogen-bond donors (Lipinski definition) is 0. The van der Waals surface area contributed by atoms with E-state index in [9.17, 15) is 18.0 Å². The maximum absolute atomic E-state index is 12.7. The average Bonchev–Trinajstić information content (AvgIpc) is 2.59. The summed E-state index contributed by atoms with van der Waals surface area (Å²) in [7, 11) is 1.25. The zero-order chi connectivity index (χ0) is 14.8. The van der Waals surface area contributed by atoms with Gasteiger partial charge in [-0.05, 0) is 30.5 Å². The van der Waals surface area contributed by atoms with Crippen LogP contribution in [-0.4, -0.2) is 19.7 Å². The Bertz CT molecular complexity index is 547. The first-order chi connectivity index (χ1) is 9.41. The SMILES string of the molecule is COC(=O)C=C1CCCOc2cc(C(F)(F)F)ccc21. The van der Waals surface area contributed by atoms with E-state index >= 15 is 0 Å². The molecular formula is C14H13F3O3. The third kappa shape index (κ3) is 3.12. The fourth-order valence-corrected chi connectivity index (χ4v) is 2.01. The van der Waals surface area contributed by atoms with E-state index in [0.717, 1.165) is 12.1 Å². The normalized spacial score (nSPS) is 17.1. The Hall–Kier alpha value is -1.98. The highest BCUT2D eigenvalue weighted by Crippen LogP contribution is 2.37. The number of alkyl halides is 3. The van der Waals surface area contributed by atoms with Gasteiger partial charge in [0, 0.05) is 11.6 Å². The summed E-state index contributed by atoms with van der Waals surface area (Å²) in [5.41, 5.74) is 0.356. The molecule has 2 rings (SSSR count). The number of ether oxygens (including phenoxy) is 2. The van der Waals surface area contributed by atoms with Gasteiger partial charge in [0.1, 0.15) is 5.75 Å². The number of esters is 1. The molecule has 0 spiro atoms. The van der Waals surface area contributed by atoms with Crippen molar-refractivity contribution >= 4 is 11.5 Å². The van der Waals surface area contributed by atoms with Crippen LogP contribution in [0.5, 0.6) is 5.75 Å². The molecule has 0 N–H and O–H groups in total. The van der Waals surface area contributed by atoms with E-state index in [4.69, 9.17) is 4.74 Å². The summed E-state index contributed by atoms with van der Waals surface area (Å²) in [6.07, 6.45) is -1.95. The van der Waals surface area contributed by atoms with Crippen LogP contribution in [0.1, 0.15) is 24.0 Å². The smallest absolute Gasteiger partial charge is 0.416 e. The second-order valence-corrected chi connectivity index (χ2v) is 4.35. The monoisotopic (exact) mass is 286 g/mol. The number of rotatable bonds is 1. The van der Waals surface area contributed by atoms with Crippen LogP contribution in [0.15, 0.2) is 24.3 Å². The second kappa shape index (κ2) is 5.56. The fraction of sp³-hybridized carbons (Fsp3) is 0.357. The molecule has 0 unspecified atom stereocenters. The predicted molar refractivity (Wildman–Crippen MR) is 66.2 cm³/mol. The number of allylic oxidation sites excluding steroid dienone is 1. The lowest BCUT2D eigenvalue weighted by atomic mass is 9.99. The van der Waals surface area contributed by atoms with E-state index in [1.807, 2.05) is 0 Å². The molecule has 6 heteroatoms. The summed E-state index contributed by atoms with van der Waals surface area (Å²) >= 11 is 0. The topological polar surface area (TPSA) is 35.5 Å². The van der Waals surface area contributed by atoms with Crippen LogP contribution >= 0.6 is 0 Å². The molecule has 20 heavy (non-hydrogen) atoms. The first-order valence-corrected chi connectivity index (χ1v) is 6.05. The number of carbonyl (C=O) groups is 1. The van der Waals surface area contributed by atoms with Gasteiger partial charge < -0.3 is 9.47 Å². The molecule has 0 aliphatic carbocycles. The van der Waals surface area contributed by atoms with Gasteiger partial charge in [-0.15, -0.1) is 0 Å². The van der Waals surface area contributed by atoms with Gasteiger partial charge in [-0.3, -0.25) is 0 Å². The largest absolute Gasteiger partial charge is 0.493 e. The van der Waals surface area contributed by atoms with Crippen molar-refractivity contribution < 1.29 is 27.4 Å². The van der Waals surface area contributed by atoms with Crippen LogP contribution in [-0.2, 0) is 15.7 Å². The Morgan fingerprint density at radius 3 is 2.80 bits per heavy atom. The van der Waals surface area contributed by atoms with Gasteiger partial charge in [-0.2, -0.15) is 13.2 Å². The first kappa shape index (κ1) is 14.4. The minimum Gasteiger partial charge on any atom is -0.493 e. The van der Waals surface area contributed by atoms with Gasteiger partial charge in [0.25, 0.3) is 0 Å². The van der Waals surface area contributed by atoms with Crippen molar-refractivity contribution in [2.75, 3.05) is 13.7 Å². The Labute approximate surface area is 114 Å². The van der Waals surface area contributed by atoms with Gasteiger partial charge in [-0.25, -0.2) is 4.79 Å². The molecular weight excluding hydrogens is 273 g/mol. The molecule has 1 aliphatic rings. The number of methoxy groups -OCH3 is 1. The number of hydrogen-bond acceptors (Lipinski definition) is 3. The summed E-state index contributed by atoms with van der Waals surface area (Å²) in [6, 6.07) is 3.28. The maximum atomic E-state index is 12.7. The van der Waals surface area contributed by atoms with E-state index < -0.39 is 17.7 Å². The lowest BCUT2D eigenvalue weighted by Crippen LogP contribution is -2.06. The van der Waals surface area contributed by atoms with Gasteiger partial charge in [0.05, 0.1) is 19.3 Å². The second-order valence-electron chi connectivity index (χ2n) is 4.35. The van der Waals surface area contributed by atoms with E-state index in [1.54, 1.807) is 0 Å². The quantitative estimate of drug-likeness (QED) is 0.586. The predicted octanol–water partition coefficient (Wildman–Crippen LogP) is 3.43. The number of fused-ring (bicyclic) bond motifs is 1. The Morgan fingerprint density at radius 1 is 1.40 bits per heavy atom. The van der Waals surface area contributed by atoms with Gasteiger partial charge >= 0.3 is 12.1 Å². The molecule has 0 bridgehead atoms. The van der Waals surface area contributed by atoms with Crippen LogP contribution in [0.25, 0.3) is 5.57 Å². The van der Waals surface area contributed by atoms with Crippen LogP contribution < -0.4 is 4.74 Å². The first-order valence-electron chi connectivity index (χ1n) is 6.05. The maximum Gasteiger partial charge on any atom is 0.416 e. The minimum absolute atomic E-state index is 0.146. The molecule has 1 aliphatic heterocycles. The molecule has 1 aromatic carbocycles. The third-order valence-electron chi connectivity index (χ3n) is 3.00. The van der Waals surface area contributed by atoms with Crippen molar-refractivity contribution in [1.29, 1.82) is 0 Å². The highest BCUT2D eigenvalue weighted by atomic mass is 19.4. The van der Waals surface area contributed by atoms with Crippen molar-refractivity contribution in [3.63, 3.8) is 0 Å². The number of benzene rings is 1. The van der Waals surface area contributed by atoms with Gasteiger partial charge in [-0.1, -0.05) is 6.07 Å². The van der Waals surface area contributed by atoms with Gasteiger partial charge in [0.15, 0.2) is 0 Å². The van der Waals surface area contributed by atoms with Gasteiger partial charge in [0.2, 0.25) is 0 Å². The molecule has 0 amide bonds.